The number of imidazole rings is 1. The lowest BCUT2D eigenvalue weighted by Crippen LogP contribution is -2.49. The maximum atomic E-state index is 12.5. The van der Waals surface area contributed by atoms with Crippen molar-refractivity contribution in [1.82, 2.24) is 19.5 Å². The Balaban J connectivity index is 1.62. The Bertz CT molecular complexity index is 1380. The second kappa shape index (κ2) is 10.6. The zero-order valence-corrected chi connectivity index (χ0v) is 23.7. The highest BCUT2D eigenvalue weighted by Gasteiger charge is 2.39. The molecule has 1 N–H and O–H groups in total. The lowest BCUT2D eigenvalue weighted by atomic mass is 9.83. The summed E-state index contributed by atoms with van der Waals surface area (Å²) in [4.78, 5) is 31.1. The van der Waals surface area contributed by atoms with E-state index in [1.165, 1.54) is 25.7 Å². The van der Waals surface area contributed by atoms with Gasteiger partial charge < -0.3 is 24.2 Å². The SMILES string of the molecule is CC1CCC(Cn2c(N3CCO[C@@H]4CCC[C@H]43)nc3c(N(C)C)c(C(=O)O)nc(-c4cncc(Cl)c4)c32)CC1. The molecule has 39 heavy (non-hydrogen) atoms. The summed E-state index contributed by atoms with van der Waals surface area (Å²) in [6.07, 6.45) is 11.6. The minimum absolute atomic E-state index is 0.0223. The van der Waals surface area contributed by atoms with Crippen LogP contribution < -0.4 is 9.80 Å². The normalized spacial score (nSPS) is 25.2. The number of morpholine rings is 1. The summed E-state index contributed by atoms with van der Waals surface area (Å²) < 4.78 is 8.48. The van der Waals surface area contributed by atoms with Crippen molar-refractivity contribution in [1.29, 1.82) is 0 Å². The van der Waals surface area contributed by atoms with E-state index in [1.54, 1.807) is 18.5 Å². The van der Waals surface area contributed by atoms with Crippen LogP contribution >= 0.6 is 11.6 Å². The summed E-state index contributed by atoms with van der Waals surface area (Å²) >= 11 is 6.37. The molecule has 2 atom stereocenters. The Kier molecular flexibility index (Phi) is 7.14. The lowest BCUT2D eigenvalue weighted by molar-refractivity contribution is 0.0247. The first-order chi connectivity index (χ1) is 18.8. The number of aromatic nitrogens is 4. The predicted octanol–water partition coefficient (Wildman–Crippen LogP) is 5.49. The molecule has 0 radical (unpaired) electrons. The smallest absolute Gasteiger partial charge is 0.356 e. The first-order valence-electron chi connectivity index (χ1n) is 14.2. The number of hydrogen-bond donors (Lipinski definition) is 1. The van der Waals surface area contributed by atoms with Crippen LogP contribution in [0.1, 0.15) is 62.4 Å². The van der Waals surface area contributed by atoms with Gasteiger partial charge in [0.05, 0.1) is 40.7 Å². The average molecular weight is 553 g/mol. The molecule has 0 spiro atoms. The number of hydrogen-bond acceptors (Lipinski definition) is 7. The zero-order valence-electron chi connectivity index (χ0n) is 22.9. The lowest BCUT2D eigenvalue weighted by Gasteiger charge is -2.39. The highest BCUT2D eigenvalue weighted by molar-refractivity contribution is 6.30. The fourth-order valence-electron chi connectivity index (χ4n) is 6.83. The summed E-state index contributed by atoms with van der Waals surface area (Å²) in [7, 11) is 3.71. The van der Waals surface area contributed by atoms with E-state index in [1.807, 2.05) is 19.0 Å². The van der Waals surface area contributed by atoms with Crippen LogP contribution in [0.5, 0.6) is 0 Å². The summed E-state index contributed by atoms with van der Waals surface area (Å²) in [5.41, 5.74) is 3.24. The number of anilines is 2. The molecule has 6 rings (SSSR count). The van der Waals surface area contributed by atoms with Crippen molar-refractivity contribution in [3.8, 4) is 11.3 Å². The molecule has 3 aliphatic rings. The molecular weight excluding hydrogens is 516 g/mol. The molecule has 1 saturated heterocycles. The third-order valence-electron chi connectivity index (χ3n) is 8.79. The van der Waals surface area contributed by atoms with Gasteiger partial charge in [-0.15, -0.1) is 0 Å². The Morgan fingerprint density at radius 2 is 1.95 bits per heavy atom. The van der Waals surface area contributed by atoms with Crippen molar-refractivity contribution < 1.29 is 14.6 Å². The Morgan fingerprint density at radius 3 is 2.67 bits per heavy atom. The number of halogens is 1. The number of aromatic carboxylic acids is 1. The molecule has 0 aromatic carbocycles. The van der Waals surface area contributed by atoms with E-state index < -0.39 is 5.97 Å². The minimum Gasteiger partial charge on any atom is -0.476 e. The van der Waals surface area contributed by atoms with Crippen molar-refractivity contribution in [3.63, 3.8) is 0 Å². The highest BCUT2D eigenvalue weighted by Crippen LogP contribution is 2.42. The zero-order chi connectivity index (χ0) is 27.3. The summed E-state index contributed by atoms with van der Waals surface area (Å²) in [5.74, 6) is 1.08. The van der Waals surface area contributed by atoms with Gasteiger partial charge >= 0.3 is 5.97 Å². The maximum Gasteiger partial charge on any atom is 0.356 e. The third-order valence-corrected chi connectivity index (χ3v) is 8.99. The first-order valence-corrected chi connectivity index (χ1v) is 14.5. The molecule has 3 fully saturated rings. The number of carboxylic acids is 1. The standard InChI is InChI=1S/C29H37ClN6O3/c1-17-7-9-18(10-8-17)16-36-27-23(19-13-20(30)15-31-14-19)32-25(28(37)38)26(34(2)3)24(27)33-29(36)35-11-12-39-22-6-4-5-21(22)35/h13-15,17-18,21-22H,4-12,16H2,1-3H3,(H,37,38)/t17?,18?,21-,22-/m1/s1. The number of rotatable bonds is 6. The van der Waals surface area contributed by atoms with E-state index in [-0.39, 0.29) is 17.8 Å². The summed E-state index contributed by atoms with van der Waals surface area (Å²) in [6.45, 7) is 4.58. The van der Waals surface area contributed by atoms with E-state index in [0.717, 1.165) is 49.7 Å². The van der Waals surface area contributed by atoms with Gasteiger partial charge in [-0.3, -0.25) is 4.98 Å². The highest BCUT2D eigenvalue weighted by atomic mass is 35.5. The van der Waals surface area contributed by atoms with Crippen LogP contribution in [-0.4, -0.2) is 70.0 Å². The molecule has 0 amide bonds. The van der Waals surface area contributed by atoms with Gasteiger partial charge in [-0.1, -0.05) is 31.4 Å². The van der Waals surface area contributed by atoms with Gasteiger partial charge in [-0.2, -0.15) is 0 Å². The van der Waals surface area contributed by atoms with Crippen LogP contribution in [0.3, 0.4) is 0 Å². The molecule has 10 heteroatoms. The van der Waals surface area contributed by atoms with Crippen LogP contribution in [0.2, 0.25) is 5.02 Å². The van der Waals surface area contributed by atoms with Crippen molar-refractivity contribution in [2.45, 2.75) is 70.6 Å². The summed E-state index contributed by atoms with van der Waals surface area (Å²) in [5, 5.41) is 10.7. The number of pyridine rings is 2. The Labute approximate surface area is 234 Å². The van der Waals surface area contributed by atoms with Crippen LogP contribution in [0.4, 0.5) is 11.6 Å². The Morgan fingerprint density at radius 1 is 1.15 bits per heavy atom. The predicted molar refractivity (Wildman–Crippen MR) is 153 cm³/mol. The average Bonchev–Trinajstić information content (AvgIpc) is 3.54. The van der Waals surface area contributed by atoms with Gasteiger partial charge in [0.25, 0.3) is 0 Å². The van der Waals surface area contributed by atoms with E-state index in [4.69, 9.17) is 26.3 Å². The Hall–Kier alpha value is -2.91. The van der Waals surface area contributed by atoms with Crippen LogP contribution in [0, 0.1) is 11.8 Å². The van der Waals surface area contributed by atoms with Crippen LogP contribution in [-0.2, 0) is 11.3 Å². The fraction of sp³-hybridized carbons (Fsp3) is 0.586. The summed E-state index contributed by atoms with van der Waals surface area (Å²) in [6, 6.07) is 2.07. The molecule has 0 bridgehead atoms. The van der Waals surface area contributed by atoms with Crippen molar-refractivity contribution in [2.75, 3.05) is 37.0 Å². The molecule has 2 saturated carbocycles. The number of nitrogens with zero attached hydrogens (tertiary/aromatic N) is 6. The van der Waals surface area contributed by atoms with Gasteiger partial charge in [0.15, 0.2) is 5.69 Å². The first kappa shape index (κ1) is 26.3. The van der Waals surface area contributed by atoms with E-state index in [9.17, 15) is 9.90 Å². The largest absolute Gasteiger partial charge is 0.476 e. The van der Waals surface area contributed by atoms with Gasteiger partial charge in [0, 0.05) is 45.1 Å². The molecule has 1 aliphatic heterocycles. The second-order valence-corrected chi connectivity index (χ2v) is 12.1. The maximum absolute atomic E-state index is 12.5. The van der Waals surface area contributed by atoms with E-state index in [2.05, 4.69) is 21.4 Å². The molecular formula is C29H37ClN6O3. The van der Waals surface area contributed by atoms with Gasteiger partial charge in [0.2, 0.25) is 5.95 Å². The van der Waals surface area contributed by atoms with E-state index in [0.29, 0.717) is 40.0 Å². The second-order valence-electron chi connectivity index (χ2n) is 11.7. The quantitative estimate of drug-likeness (QED) is 0.428. The monoisotopic (exact) mass is 552 g/mol. The topological polar surface area (TPSA) is 96.6 Å². The molecule has 2 aliphatic carbocycles. The molecule has 9 nitrogen and oxygen atoms in total. The van der Waals surface area contributed by atoms with Crippen LogP contribution in [0.25, 0.3) is 22.3 Å². The van der Waals surface area contributed by atoms with Gasteiger partial charge in [0.1, 0.15) is 5.52 Å². The number of carbonyl (C=O) groups is 1. The number of fused-ring (bicyclic) bond motifs is 2. The van der Waals surface area contributed by atoms with Gasteiger partial charge in [-0.25, -0.2) is 14.8 Å². The van der Waals surface area contributed by atoms with Crippen LogP contribution in [0.15, 0.2) is 18.5 Å². The van der Waals surface area contributed by atoms with Crippen molar-refractivity contribution in [3.05, 3.63) is 29.2 Å². The number of ether oxygens (including phenoxy) is 1. The van der Waals surface area contributed by atoms with Gasteiger partial charge in [-0.05, 0) is 50.0 Å². The molecule has 3 aromatic heterocycles. The molecule has 4 heterocycles. The van der Waals surface area contributed by atoms with Crippen molar-refractivity contribution in [2.24, 2.45) is 11.8 Å². The van der Waals surface area contributed by atoms with Crippen molar-refractivity contribution >= 4 is 40.2 Å². The van der Waals surface area contributed by atoms with E-state index >= 15 is 0 Å². The minimum atomic E-state index is -1.09. The molecule has 3 aromatic rings. The third kappa shape index (κ3) is 4.84. The fourth-order valence-corrected chi connectivity index (χ4v) is 7.00. The number of carboxylic acid groups (broad SMARTS) is 1. The molecule has 0 unspecified atom stereocenters. The molecule has 208 valence electrons.